The van der Waals surface area contributed by atoms with Gasteiger partial charge in [-0.1, -0.05) is 64.9 Å². The van der Waals surface area contributed by atoms with Gasteiger partial charge in [-0.2, -0.15) is 0 Å². The number of carbonyl (C=O) groups is 1. The molecule has 0 atom stereocenters. The lowest BCUT2D eigenvalue weighted by atomic mass is 10.2. The zero-order valence-electron chi connectivity index (χ0n) is 10.4. The van der Waals surface area contributed by atoms with Crippen molar-refractivity contribution in [2.75, 3.05) is 6.54 Å². The zero-order chi connectivity index (χ0) is 15.7. The van der Waals surface area contributed by atoms with Crippen LogP contribution in [0.5, 0.6) is 5.75 Å². The number of rotatable bonds is 3. The first-order valence-corrected chi connectivity index (χ1v) is 7.95. The summed E-state index contributed by atoms with van der Waals surface area (Å²) in [5, 5.41) is 10.0. The topological polar surface area (TPSA) is 40.5 Å². The van der Waals surface area contributed by atoms with Gasteiger partial charge in [0.05, 0.1) is 20.0 Å². The SMILES string of the molecule is C=CCN1C(=O)/C(=C/c2c(Cl)cc(Cl)c(O)c2Cl)SC1=S. The molecule has 21 heavy (non-hydrogen) atoms. The molecule has 0 unspecified atom stereocenters. The first kappa shape index (κ1) is 16.6. The van der Waals surface area contributed by atoms with Gasteiger partial charge in [0.1, 0.15) is 4.32 Å². The molecule has 1 N–H and O–H groups in total. The van der Waals surface area contributed by atoms with Crippen LogP contribution in [0.2, 0.25) is 15.1 Å². The molecule has 3 nitrogen and oxygen atoms in total. The predicted molar refractivity (Wildman–Crippen MR) is 93.2 cm³/mol. The minimum atomic E-state index is -0.282. The molecule has 110 valence electrons. The third-order valence-corrected chi connectivity index (χ3v) is 5.00. The van der Waals surface area contributed by atoms with Crippen LogP contribution in [0, 0.1) is 0 Å². The molecule has 0 radical (unpaired) electrons. The van der Waals surface area contributed by atoms with E-state index in [4.69, 9.17) is 47.0 Å². The van der Waals surface area contributed by atoms with Crippen LogP contribution in [-0.2, 0) is 4.79 Å². The summed E-state index contributed by atoms with van der Waals surface area (Å²) in [5.41, 5.74) is 0.319. The van der Waals surface area contributed by atoms with E-state index in [1.54, 1.807) is 6.08 Å². The fourth-order valence-corrected chi connectivity index (χ4v) is 3.77. The summed E-state index contributed by atoms with van der Waals surface area (Å²) >= 11 is 24.1. The number of phenols is 1. The molecule has 1 aliphatic rings. The maximum absolute atomic E-state index is 12.2. The molecular formula is C13H8Cl3NO2S2. The van der Waals surface area contributed by atoms with Crippen molar-refractivity contribution in [2.24, 2.45) is 0 Å². The molecule has 1 heterocycles. The number of halogens is 3. The largest absolute Gasteiger partial charge is 0.505 e. The van der Waals surface area contributed by atoms with Gasteiger partial charge in [-0.15, -0.1) is 6.58 Å². The van der Waals surface area contributed by atoms with Crippen molar-refractivity contribution in [1.82, 2.24) is 4.90 Å². The van der Waals surface area contributed by atoms with E-state index in [1.165, 1.54) is 17.0 Å². The van der Waals surface area contributed by atoms with Gasteiger partial charge in [-0.05, 0) is 12.1 Å². The Morgan fingerprint density at radius 2 is 2.05 bits per heavy atom. The molecule has 0 spiro atoms. The Morgan fingerprint density at radius 3 is 2.67 bits per heavy atom. The van der Waals surface area contributed by atoms with E-state index in [9.17, 15) is 9.90 Å². The number of benzene rings is 1. The van der Waals surface area contributed by atoms with Crippen molar-refractivity contribution in [3.63, 3.8) is 0 Å². The molecule has 1 aliphatic heterocycles. The molecule has 1 aromatic carbocycles. The van der Waals surface area contributed by atoms with Crippen LogP contribution < -0.4 is 0 Å². The van der Waals surface area contributed by atoms with E-state index < -0.39 is 0 Å². The minimum absolute atomic E-state index is 0.0125. The Balaban J connectivity index is 2.47. The predicted octanol–water partition coefficient (Wildman–Crippen LogP) is 4.74. The lowest BCUT2D eigenvalue weighted by Gasteiger charge is -2.10. The van der Waals surface area contributed by atoms with Crippen molar-refractivity contribution >= 4 is 75.1 Å². The fraction of sp³-hybridized carbons (Fsp3) is 0.0769. The first-order valence-electron chi connectivity index (χ1n) is 5.59. The fourth-order valence-electron chi connectivity index (χ4n) is 1.64. The van der Waals surface area contributed by atoms with Gasteiger partial charge in [-0.3, -0.25) is 9.69 Å². The Labute approximate surface area is 146 Å². The van der Waals surface area contributed by atoms with E-state index in [1.807, 2.05) is 0 Å². The minimum Gasteiger partial charge on any atom is -0.505 e. The van der Waals surface area contributed by atoms with Gasteiger partial charge < -0.3 is 5.11 Å². The number of thioether (sulfide) groups is 1. The highest BCUT2D eigenvalue weighted by atomic mass is 35.5. The molecular weight excluding hydrogens is 373 g/mol. The molecule has 8 heteroatoms. The number of carbonyl (C=O) groups excluding carboxylic acids is 1. The molecule has 0 aliphatic carbocycles. The van der Waals surface area contributed by atoms with Crippen molar-refractivity contribution < 1.29 is 9.90 Å². The van der Waals surface area contributed by atoms with Crippen LogP contribution in [-0.4, -0.2) is 26.8 Å². The smallest absolute Gasteiger partial charge is 0.266 e. The van der Waals surface area contributed by atoms with Crippen LogP contribution in [0.1, 0.15) is 5.56 Å². The number of aromatic hydroxyl groups is 1. The summed E-state index contributed by atoms with van der Waals surface area (Å²) in [5.74, 6) is -0.540. The number of thiocarbonyl (C=S) groups is 1. The van der Waals surface area contributed by atoms with Gasteiger partial charge in [0.25, 0.3) is 5.91 Å². The Kier molecular flexibility index (Phi) is 5.22. The van der Waals surface area contributed by atoms with Gasteiger partial charge in [0, 0.05) is 12.1 Å². The van der Waals surface area contributed by atoms with Crippen molar-refractivity contribution in [3.05, 3.63) is 44.3 Å². The van der Waals surface area contributed by atoms with Crippen molar-refractivity contribution in [2.45, 2.75) is 0 Å². The van der Waals surface area contributed by atoms with Crippen LogP contribution in [0.4, 0.5) is 0 Å². The molecule has 2 rings (SSSR count). The monoisotopic (exact) mass is 379 g/mol. The number of phenolic OH excluding ortho intramolecular Hbond substituents is 1. The maximum atomic E-state index is 12.2. The quantitative estimate of drug-likeness (QED) is 0.467. The van der Waals surface area contributed by atoms with Crippen molar-refractivity contribution in [3.8, 4) is 5.75 Å². The lowest BCUT2D eigenvalue weighted by Crippen LogP contribution is -2.27. The summed E-state index contributed by atoms with van der Waals surface area (Å²) < 4.78 is 0.427. The lowest BCUT2D eigenvalue weighted by molar-refractivity contribution is -0.121. The van der Waals surface area contributed by atoms with Crippen LogP contribution in [0.15, 0.2) is 23.6 Å². The Morgan fingerprint density at radius 1 is 1.38 bits per heavy atom. The normalized spacial score (nSPS) is 16.9. The molecule has 1 fully saturated rings. The van der Waals surface area contributed by atoms with Crippen LogP contribution in [0.25, 0.3) is 6.08 Å². The van der Waals surface area contributed by atoms with Gasteiger partial charge >= 0.3 is 0 Å². The molecule has 1 aromatic rings. The number of nitrogens with zero attached hydrogens (tertiary/aromatic N) is 1. The molecule has 0 saturated carbocycles. The highest BCUT2D eigenvalue weighted by molar-refractivity contribution is 8.26. The standard InChI is InChI=1S/C13H8Cl3NO2S2/c1-2-3-17-12(19)9(21-13(17)20)4-6-7(14)5-8(15)11(18)10(6)16/h2,4-5,18H,1,3H2/b9-4-. The average Bonchev–Trinajstić information content (AvgIpc) is 2.69. The van der Waals surface area contributed by atoms with Crippen LogP contribution in [0.3, 0.4) is 0 Å². The summed E-state index contributed by atoms with van der Waals surface area (Å²) in [4.78, 5) is 14.0. The Hall–Kier alpha value is -0.720. The van der Waals surface area contributed by atoms with Crippen molar-refractivity contribution in [1.29, 1.82) is 0 Å². The average molecular weight is 381 g/mol. The second-order valence-corrected chi connectivity index (χ2v) is 6.87. The van der Waals surface area contributed by atoms with E-state index in [-0.39, 0.29) is 26.7 Å². The highest BCUT2D eigenvalue weighted by Crippen LogP contribution is 2.42. The highest BCUT2D eigenvalue weighted by Gasteiger charge is 2.31. The molecule has 1 amide bonds. The molecule has 0 aromatic heterocycles. The van der Waals surface area contributed by atoms with E-state index >= 15 is 0 Å². The third-order valence-electron chi connectivity index (χ3n) is 2.64. The third kappa shape index (κ3) is 3.22. The van der Waals surface area contributed by atoms with Gasteiger partial charge in [0.2, 0.25) is 0 Å². The van der Waals surface area contributed by atoms with Crippen LogP contribution >= 0.6 is 58.8 Å². The van der Waals surface area contributed by atoms with E-state index in [0.29, 0.717) is 21.3 Å². The Bertz CT molecular complexity index is 688. The number of amides is 1. The number of hydrogen-bond donors (Lipinski definition) is 1. The maximum Gasteiger partial charge on any atom is 0.266 e. The first-order chi connectivity index (χ1) is 9.86. The second-order valence-electron chi connectivity index (χ2n) is 4.00. The summed E-state index contributed by atoms with van der Waals surface area (Å²) in [6, 6.07) is 1.36. The summed E-state index contributed by atoms with van der Waals surface area (Å²) in [6.07, 6.45) is 3.07. The molecule has 0 bridgehead atoms. The van der Waals surface area contributed by atoms with Gasteiger partial charge in [0.15, 0.2) is 5.75 Å². The molecule has 1 saturated heterocycles. The second kappa shape index (κ2) is 6.58. The van der Waals surface area contributed by atoms with E-state index in [0.717, 1.165) is 11.8 Å². The van der Waals surface area contributed by atoms with Gasteiger partial charge in [-0.25, -0.2) is 0 Å². The summed E-state index contributed by atoms with van der Waals surface area (Å²) in [7, 11) is 0. The zero-order valence-corrected chi connectivity index (χ0v) is 14.3. The van der Waals surface area contributed by atoms with E-state index in [2.05, 4.69) is 6.58 Å². The number of hydrogen-bond acceptors (Lipinski definition) is 4. The summed E-state index contributed by atoms with van der Waals surface area (Å²) in [6.45, 7) is 3.91.